The van der Waals surface area contributed by atoms with Gasteiger partial charge in [0.25, 0.3) is 0 Å². The number of ether oxygens (including phenoxy) is 1. The van der Waals surface area contributed by atoms with Crippen LogP contribution in [0.1, 0.15) is 11.1 Å². The van der Waals surface area contributed by atoms with E-state index < -0.39 is 11.7 Å². The summed E-state index contributed by atoms with van der Waals surface area (Å²) in [5.74, 6) is -0.0805. The molecule has 3 nitrogen and oxygen atoms in total. The smallest absolute Gasteiger partial charge is 0.378 e. The van der Waals surface area contributed by atoms with Crippen molar-refractivity contribution < 1.29 is 22.7 Å². The quantitative estimate of drug-likeness (QED) is 0.826. The molecule has 0 saturated carbocycles. The lowest BCUT2D eigenvalue weighted by atomic mass is 10.1. The van der Waals surface area contributed by atoms with Gasteiger partial charge in [-0.15, -0.1) is 0 Å². The Morgan fingerprint density at radius 1 is 1.16 bits per heavy atom. The van der Waals surface area contributed by atoms with Crippen LogP contribution < -0.4 is 0 Å². The molecule has 0 aromatic heterocycles. The lowest BCUT2D eigenvalue weighted by Crippen LogP contribution is -2.41. The Labute approximate surface area is 109 Å². The number of alkyl halides is 3. The van der Waals surface area contributed by atoms with Crippen LogP contribution in [0, 0.1) is 0 Å². The number of morpholine rings is 1. The average Bonchev–Trinajstić information content (AvgIpc) is 2.39. The van der Waals surface area contributed by atoms with Crippen molar-refractivity contribution >= 4 is 5.91 Å². The zero-order chi connectivity index (χ0) is 13.9. The minimum absolute atomic E-state index is 0.0805. The van der Waals surface area contributed by atoms with Gasteiger partial charge in [-0.1, -0.05) is 12.1 Å². The second-order valence-corrected chi connectivity index (χ2v) is 4.36. The standard InChI is InChI=1S/C13H14F3NO2/c14-13(15,16)11-3-1-10(2-4-11)9-12(18)17-5-7-19-8-6-17/h1-4H,5-9H2. The molecule has 0 bridgehead atoms. The number of hydrogen-bond donors (Lipinski definition) is 0. The maximum Gasteiger partial charge on any atom is 0.416 e. The van der Waals surface area contributed by atoms with Gasteiger partial charge in [0.05, 0.1) is 25.2 Å². The molecule has 1 heterocycles. The third-order valence-electron chi connectivity index (χ3n) is 3.00. The molecule has 104 valence electrons. The summed E-state index contributed by atoms with van der Waals surface area (Å²) in [5, 5.41) is 0. The Morgan fingerprint density at radius 3 is 2.26 bits per heavy atom. The third kappa shape index (κ3) is 3.70. The van der Waals surface area contributed by atoms with Crippen LogP contribution in [0.25, 0.3) is 0 Å². The van der Waals surface area contributed by atoms with Gasteiger partial charge in [0.2, 0.25) is 5.91 Å². The first-order valence-corrected chi connectivity index (χ1v) is 5.98. The van der Waals surface area contributed by atoms with Gasteiger partial charge < -0.3 is 9.64 Å². The van der Waals surface area contributed by atoms with E-state index in [1.165, 1.54) is 12.1 Å². The molecule has 1 aromatic rings. The van der Waals surface area contributed by atoms with Crippen LogP contribution in [-0.4, -0.2) is 37.1 Å². The van der Waals surface area contributed by atoms with E-state index in [0.29, 0.717) is 31.9 Å². The molecule has 1 aliphatic rings. The van der Waals surface area contributed by atoms with Gasteiger partial charge in [0.1, 0.15) is 0 Å². The Morgan fingerprint density at radius 2 is 1.74 bits per heavy atom. The van der Waals surface area contributed by atoms with E-state index in [0.717, 1.165) is 12.1 Å². The second-order valence-electron chi connectivity index (χ2n) is 4.36. The van der Waals surface area contributed by atoms with Gasteiger partial charge >= 0.3 is 6.18 Å². The summed E-state index contributed by atoms with van der Waals surface area (Å²) in [6, 6.07) is 4.70. The highest BCUT2D eigenvalue weighted by Gasteiger charge is 2.30. The number of nitrogens with zero attached hydrogens (tertiary/aromatic N) is 1. The number of hydrogen-bond acceptors (Lipinski definition) is 2. The molecule has 19 heavy (non-hydrogen) atoms. The minimum Gasteiger partial charge on any atom is -0.378 e. The predicted octanol–water partition coefficient (Wildman–Crippen LogP) is 2.11. The summed E-state index contributed by atoms with van der Waals surface area (Å²) in [6.07, 6.45) is -4.22. The van der Waals surface area contributed by atoms with Crippen LogP contribution >= 0.6 is 0 Å². The van der Waals surface area contributed by atoms with Crippen LogP contribution in [0.3, 0.4) is 0 Å². The monoisotopic (exact) mass is 273 g/mol. The van der Waals surface area contributed by atoms with E-state index in [1.807, 2.05) is 0 Å². The molecule has 0 radical (unpaired) electrons. The Balaban J connectivity index is 1.97. The van der Waals surface area contributed by atoms with E-state index in [4.69, 9.17) is 4.74 Å². The summed E-state index contributed by atoms with van der Waals surface area (Å²) < 4.78 is 42.3. The highest BCUT2D eigenvalue weighted by molar-refractivity contribution is 5.78. The summed E-state index contributed by atoms with van der Waals surface area (Å²) in [5.41, 5.74) is -0.112. The Bertz CT molecular complexity index is 436. The maximum absolute atomic E-state index is 12.4. The van der Waals surface area contributed by atoms with Crippen molar-refractivity contribution in [2.45, 2.75) is 12.6 Å². The summed E-state index contributed by atoms with van der Waals surface area (Å²) >= 11 is 0. The first-order valence-electron chi connectivity index (χ1n) is 5.98. The molecule has 0 unspecified atom stereocenters. The molecule has 2 rings (SSSR count). The number of carbonyl (C=O) groups excluding carboxylic acids is 1. The van der Waals surface area contributed by atoms with Crippen LogP contribution in [0.5, 0.6) is 0 Å². The molecule has 1 amide bonds. The normalized spacial score (nSPS) is 16.5. The molecule has 1 aliphatic heterocycles. The fourth-order valence-electron chi connectivity index (χ4n) is 1.91. The fraction of sp³-hybridized carbons (Fsp3) is 0.462. The van der Waals surface area contributed by atoms with E-state index in [9.17, 15) is 18.0 Å². The number of benzene rings is 1. The maximum atomic E-state index is 12.4. The first-order chi connectivity index (χ1) is 8.97. The Kier molecular flexibility index (Phi) is 4.09. The van der Waals surface area contributed by atoms with E-state index >= 15 is 0 Å². The second kappa shape index (κ2) is 5.61. The van der Waals surface area contributed by atoms with Gasteiger partial charge in [-0.2, -0.15) is 13.2 Å². The molecule has 0 N–H and O–H groups in total. The first kappa shape index (κ1) is 13.9. The number of amides is 1. The topological polar surface area (TPSA) is 29.5 Å². The molecule has 0 atom stereocenters. The fourth-order valence-corrected chi connectivity index (χ4v) is 1.91. The van der Waals surface area contributed by atoms with Gasteiger partial charge in [0, 0.05) is 13.1 Å². The lowest BCUT2D eigenvalue weighted by molar-refractivity contribution is -0.137. The van der Waals surface area contributed by atoms with Crippen molar-refractivity contribution in [2.75, 3.05) is 26.3 Å². The van der Waals surface area contributed by atoms with Gasteiger partial charge in [-0.25, -0.2) is 0 Å². The predicted molar refractivity (Wildman–Crippen MR) is 62.5 cm³/mol. The van der Waals surface area contributed by atoms with Gasteiger partial charge in [-0.05, 0) is 17.7 Å². The zero-order valence-corrected chi connectivity index (χ0v) is 10.2. The van der Waals surface area contributed by atoms with Crippen LogP contribution in [-0.2, 0) is 22.1 Å². The number of halogens is 3. The molecule has 0 aliphatic carbocycles. The minimum atomic E-state index is -4.34. The molecule has 1 fully saturated rings. The largest absolute Gasteiger partial charge is 0.416 e. The SMILES string of the molecule is O=C(Cc1ccc(C(F)(F)F)cc1)N1CCOCC1. The van der Waals surface area contributed by atoms with Crippen LogP contribution in [0.15, 0.2) is 24.3 Å². The summed E-state index contributed by atoms with van der Waals surface area (Å²) in [7, 11) is 0. The molecule has 1 aromatic carbocycles. The summed E-state index contributed by atoms with van der Waals surface area (Å²) in [4.78, 5) is 13.6. The van der Waals surface area contributed by atoms with E-state index in [1.54, 1.807) is 4.90 Å². The highest BCUT2D eigenvalue weighted by Crippen LogP contribution is 2.29. The van der Waals surface area contributed by atoms with Crippen LogP contribution in [0.2, 0.25) is 0 Å². The zero-order valence-electron chi connectivity index (χ0n) is 10.2. The number of carbonyl (C=O) groups is 1. The average molecular weight is 273 g/mol. The lowest BCUT2D eigenvalue weighted by Gasteiger charge is -2.26. The molecular weight excluding hydrogens is 259 g/mol. The van der Waals surface area contributed by atoms with Crippen molar-refractivity contribution in [3.8, 4) is 0 Å². The van der Waals surface area contributed by atoms with Gasteiger partial charge in [0.15, 0.2) is 0 Å². The van der Waals surface area contributed by atoms with E-state index in [-0.39, 0.29) is 12.3 Å². The number of rotatable bonds is 2. The molecular formula is C13H14F3NO2. The molecule has 6 heteroatoms. The summed E-state index contributed by atoms with van der Waals surface area (Å²) in [6.45, 7) is 2.11. The van der Waals surface area contributed by atoms with E-state index in [2.05, 4.69) is 0 Å². The highest BCUT2D eigenvalue weighted by atomic mass is 19.4. The van der Waals surface area contributed by atoms with Crippen LogP contribution in [0.4, 0.5) is 13.2 Å². The van der Waals surface area contributed by atoms with Gasteiger partial charge in [-0.3, -0.25) is 4.79 Å². The molecule has 1 saturated heterocycles. The Hall–Kier alpha value is -1.56. The van der Waals surface area contributed by atoms with Crippen molar-refractivity contribution in [2.24, 2.45) is 0 Å². The van der Waals surface area contributed by atoms with Crippen molar-refractivity contribution in [1.29, 1.82) is 0 Å². The third-order valence-corrected chi connectivity index (χ3v) is 3.00. The van der Waals surface area contributed by atoms with Crippen molar-refractivity contribution in [3.63, 3.8) is 0 Å². The van der Waals surface area contributed by atoms with Crippen molar-refractivity contribution in [1.82, 2.24) is 4.90 Å². The molecule has 0 spiro atoms. The van der Waals surface area contributed by atoms with Crippen molar-refractivity contribution in [3.05, 3.63) is 35.4 Å².